The van der Waals surface area contributed by atoms with Crippen molar-refractivity contribution >= 4 is 16.8 Å². The summed E-state index contributed by atoms with van der Waals surface area (Å²) in [7, 11) is 1.64. The number of pyridine rings is 1. The minimum atomic E-state index is -0.111. The number of methoxy groups -OCH3 is 1. The Balaban J connectivity index is 1.78. The smallest absolute Gasteiger partial charge is 0.252 e. The lowest BCUT2D eigenvalue weighted by atomic mass is 10.0. The molecule has 0 aliphatic carbocycles. The van der Waals surface area contributed by atoms with E-state index >= 15 is 0 Å². The molecule has 0 aliphatic heterocycles. The summed E-state index contributed by atoms with van der Waals surface area (Å²) in [5, 5.41) is 4.03. The number of hydrogen-bond donors (Lipinski definition) is 1. The summed E-state index contributed by atoms with van der Waals surface area (Å²) in [6.07, 6.45) is 0.804. The summed E-state index contributed by atoms with van der Waals surface area (Å²) in [4.78, 5) is 18.2. The molecular weight excluding hydrogens is 372 g/mol. The molecule has 1 unspecified atom stereocenters. The van der Waals surface area contributed by atoms with Gasteiger partial charge in [0.25, 0.3) is 5.91 Å². The third-order valence-corrected chi connectivity index (χ3v) is 5.26. The fourth-order valence-electron chi connectivity index (χ4n) is 3.70. The fourth-order valence-corrected chi connectivity index (χ4v) is 3.70. The van der Waals surface area contributed by atoms with Crippen LogP contribution in [-0.4, -0.2) is 18.0 Å². The summed E-state index contributed by atoms with van der Waals surface area (Å²) < 4.78 is 5.51. The number of nitrogens with zero attached hydrogens (tertiary/aromatic N) is 1. The van der Waals surface area contributed by atoms with E-state index in [-0.39, 0.29) is 11.9 Å². The standard InChI is InChI=1S/C26H24N2O2/c1-3-22(18-11-5-4-6-12-18)28-26(29)21-17-24(20-14-8-10-16-25(20)30-2)27-23-15-9-7-13-19(21)23/h4-17,22H,3H2,1-2H3,(H,28,29). The maximum Gasteiger partial charge on any atom is 0.252 e. The van der Waals surface area contributed by atoms with Crippen LogP contribution in [0.1, 0.15) is 35.3 Å². The van der Waals surface area contributed by atoms with Crippen LogP contribution in [0.2, 0.25) is 0 Å². The first kappa shape index (κ1) is 19.6. The number of amides is 1. The monoisotopic (exact) mass is 396 g/mol. The number of benzene rings is 3. The first-order valence-corrected chi connectivity index (χ1v) is 10.1. The fraction of sp³-hybridized carbons (Fsp3) is 0.154. The highest BCUT2D eigenvalue weighted by molar-refractivity contribution is 6.07. The molecule has 1 aromatic heterocycles. The highest BCUT2D eigenvalue weighted by Gasteiger charge is 2.19. The van der Waals surface area contributed by atoms with Gasteiger partial charge in [0.15, 0.2) is 0 Å². The zero-order valence-electron chi connectivity index (χ0n) is 17.1. The van der Waals surface area contributed by atoms with Crippen LogP contribution in [0.15, 0.2) is 84.9 Å². The molecule has 1 amide bonds. The molecule has 0 spiro atoms. The number of aromatic nitrogens is 1. The van der Waals surface area contributed by atoms with Gasteiger partial charge < -0.3 is 10.1 Å². The number of para-hydroxylation sites is 2. The number of ether oxygens (including phenoxy) is 1. The molecule has 0 fully saturated rings. The van der Waals surface area contributed by atoms with Crippen molar-refractivity contribution in [3.63, 3.8) is 0 Å². The minimum absolute atomic E-state index is 0.0552. The van der Waals surface area contributed by atoms with Crippen molar-refractivity contribution in [1.29, 1.82) is 0 Å². The topological polar surface area (TPSA) is 51.2 Å². The Morgan fingerprint density at radius 1 is 0.967 bits per heavy atom. The SMILES string of the molecule is CCC(NC(=O)c1cc(-c2ccccc2OC)nc2ccccc12)c1ccccc1. The van der Waals surface area contributed by atoms with Crippen LogP contribution in [0.3, 0.4) is 0 Å². The molecule has 4 aromatic rings. The second kappa shape index (κ2) is 8.78. The number of carbonyl (C=O) groups excluding carboxylic acids is 1. The van der Waals surface area contributed by atoms with Crippen molar-refractivity contribution in [2.24, 2.45) is 0 Å². The van der Waals surface area contributed by atoms with Gasteiger partial charge in [0.05, 0.1) is 29.9 Å². The molecule has 150 valence electrons. The normalized spacial score (nSPS) is 11.8. The molecule has 30 heavy (non-hydrogen) atoms. The first-order valence-electron chi connectivity index (χ1n) is 10.1. The van der Waals surface area contributed by atoms with Crippen LogP contribution < -0.4 is 10.1 Å². The van der Waals surface area contributed by atoms with Crippen LogP contribution in [0.4, 0.5) is 0 Å². The van der Waals surface area contributed by atoms with Gasteiger partial charge in [-0.25, -0.2) is 4.98 Å². The lowest BCUT2D eigenvalue weighted by molar-refractivity contribution is 0.0937. The van der Waals surface area contributed by atoms with E-state index in [9.17, 15) is 4.79 Å². The van der Waals surface area contributed by atoms with Crippen molar-refractivity contribution in [3.05, 3.63) is 96.1 Å². The highest BCUT2D eigenvalue weighted by Crippen LogP contribution is 2.31. The average molecular weight is 396 g/mol. The Bertz CT molecular complexity index is 1170. The van der Waals surface area contributed by atoms with Crippen molar-refractivity contribution in [2.45, 2.75) is 19.4 Å². The highest BCUT2D eigenvalue weighted by atomic mass is 16.5. The molecular formula is C26H24N2O2. The van der Waals surface area contributed by atoms with Gasteiger partial charge in [0, 0.05) is 10.9 Å². The van der Waals surface area contributed by atoms with Crippen molar-refractivity contribution in [3.8, 4) is 17.0 Å². The van der Waals surface area contributed by atoms with Crippen LogP contribution in [0.25, 0.3) is 22.2 Å². The van der Waals surface area contributed by atoms with Gasteiger partial charge in [0.2, 0.25) is 0 Å². The Kier molecular flexibility index (Phi) is 5.75. The van der Waals surface area contributed by atoms with Crippen molar-refractivity contribution < 1.29 is 9.53 Å². The van der Waals surface area contributed by atoms with Crippen LogP contribution in [0, 0.1) is 0 Å². The van der Waals surface area contributed by atoms with Gasteiger partial charge in [-0.15, -0.1) is 0 Å². The molecule has 1 heterocycles. The predicted octanol–water partition coefficient (Wildman–Crippen LogP) is 5.79. The molecule has 0 saturated heterocycles. The predicted molar refractivity (Wildman–Crippen MR) is 121 cm³/mol. The Labute approximate surface area is 176 Å². The maximum absolute atomic E-state index is 13.4. The largest absolute Gasteiger partial charge is 0.496 e. The second-order valence-corrected chi connectivity index (χ2v) is 7.12. The van der Waals surface area contributed by atoms with Crippen molar-refractivity contribution in [1.82, 2.24) is 10.3 Å². The third kappa shape index (κ3) is 3.90. The summed E-state index contributed by atoms with van der Waals surface area (Å²) in [5.41, 5.74) is 4.05. The van der Waals surface area contributed by atoms with Gasteiger partial charge in [-0.2, -0.15) is 0 Å². The van der Waals surface area contributed by atoms with E-state index in [4.69, 9.17) is 9.72 Å². The zero-order valence-corrected chi connectivity index (χ0v) is 17.1. The molecule has 4 rings (SSSR count). The quantitative estimate of drug-likeness (QED) is 0.449. The van der Waals surface area contributed by atoms with E-state index in [0.29, 0.717) is 11.3 Å². The Morgan fingerprint density at radius 2 is 1.67 bits per heavy atom. The van der Waals surface area contributed by atoms with E-state index in [0.717, 1.165) is 34.2 Å². The van der Waals surface area contributed by atoms with Gasteiger partial charge in [-0.1, -0.05) is 67.6 Å². The van der Waals surface area contributed by atoms with Crippen molar-refractivity contribution in [2.75, 3.05) is 7.11 Å². The molecule has 0 aliphatic rings. The van der Waals surface area contributed by atoms with E-state index in [2.05, 4.69) is 12.2 Å². The van der Waals surface area contributed by atoms with Crippen LogP contribution in [0.5, 0.6) is 5.75 Å². The molecule has 4 nitrogen and oxygen atoms in total. The first-order chi connectivity index (χ1) is 14.7. The van der Waals surface area contributed by atoms with Gasteiger partial charge in [-0.3, -0.25) is 4.79 Å². The second-order valence-electron chi connectivity index (χ2n) is 7.12. The molecule has 3 aromatic carbocycles. The molecule has 0 saturated carbocycles. The van der Waals surface area contributed by atoms with E-state index in [1.807, 2.05) is 84.9 Å². The van der Waals surface area contributed by atoms with Gasteiger partial charge in [-0.05, 0) is 36.2 Å². The average Bonchev–Trinajstić information content (AvgIpc) is 2.82. The van der Waals surface area contributed by atoms with Crippen LogP contribution in [-0.2, 0) is 0 Å². The Hall–Kier alpha value is -3.66. The maximum atomic E-state index is 13.4. The molecule has 0 radical (unpaired) electrons. The summed E-state index contributed by atoms with van der Waals surface area (Å²) >= 11 is 0. The van der Waals surface area contributed by atoms with E-state index < -0.39 is 0 Å². The molecule has 1 N–H and O–H groups in total. The number of hydrogen-bond acceptors (Lipinski definition) is 3. The minimum Gasteiger partial charge on any atom is -0.496 e. The third-order valence-electron chi connectivity index (χ3n) is 5.26. The lowest BCUT2D eigenvalue weighted by Crippen LogP contribution is -2.28. The number of rotatable bonds is 6. The number of nitrogens with one attached hydrogen (secondary N) is 1. The van der Waals surface area contributed by atoms with E-state index in [1.54, 1.807) is 7.11 Å². The summed E-state index contributed by atoms with van der Waals surface area (Å²) in [5.74, 6) is 0.614. The van der Waals surface area contributed by atoms with Crippen LogP contribution >= 0.6 is 0 Å². The van der Waals surface area contributed by atoms with E-state index in [1.165, 1.54) is 0 Å². The summed E-state index contributed by atoms with van der Waals surface area (Å²) in [6.45, 7) is 2.07. The molecule has 1 atom stereocenters. The Morgan fingerprint density at radius 3 is 2.43 bits per heavy atom. The van der Waals surface area contributed by atoms with Gasteiger partial charge >= 0.3 is 0 Å². The zero-order chi connectivity index (χ0) is 20.9. The summed E-state index contributed by atoms with van der Waals surface area (Å²) in [6, 6.07) is 27.3. The molecule has 4 heteroatoms. The van der Waals surface area contributed by atoms with Gasteiger partial charge in [0.1, 0.15) is 5.75 Å². The molecule has 0 bridgehead atoms. The lowest BCUT2D eigenvalue weighted by Gasteiger charge is -2.19. The number of fused-ring (bicyclic) bond motifs is 1. The number of carbonyl (C=O) groups is 1.